The lowest BCUT2D eigenvalue weighted by molar-refractivity contribution is 0.0118. The van der Waals surface area contributed by atoms with E-state index in [1.54, 1.807) is 0 Å². The molecule has 0 aromatic carbocycles. The summed E-state index contributed by atoms with van der Waals surface area (Å²) in [7, 11) is -11.6. The third-order valence-corrected chi connectivity index (χ3v) is 3.48. The molecule has 0 rings (SSSR count). The molecule has 0 heterocycles. The van der Waals surface area contributed by atoms with Gasteiger partial charge in [-0.3, -0.25) is 0 Å². The molecule has 4 N–H and O–H groups in total. The first-order valence-electron chi connectivity index (χ1n) is 5.81. The Bertz CT molecular complexity index is 375. The van der Waals surface area contributed by atoms with Crippen molar-refractivity contribution in [3.63, 3.8) is 0 Å². The van der Waals surface area contributed by atoms with E-state index in [1.165, 1.54) is 9.80 Å². The molecule has 0 bridgehead atoms. The van der Waals surface area contributed by atoms with Crippen LogP contribution in [-0.4, -0.2) is 69.4 Å². The second kappa shape index (κ2) is 14.2. The second-order valence-corrected chi connectivity index (χ2v) is 6.71. The van der Waals surface area contributed by atoms with Crippen molar-refractivity contribution < 1.29 is 55.9 Å². The molecular formula is C6H16N2O12P4+4. The standard InChI is InChI=1S/C6H12N2O12P4/c9-21(10)17-3-7(4-18-22(11)12)1-2-8(5-19-23(13)14)6-20-24(15)16/h1-6H2/p+4. The van der Waals surface area contributed by atoms with E-state index in [0.29, 0.717) is 0 Å². The highest BCUT2D eigenvalue weighted by atomic mass is 31.1. The zero-order valence-corrected chi connectivity index (χ0v) is 15.6. The van der Waals surface area contributed by atoms with Crippen LogP contribution in [0, 0.1) is 0 Å². The van der Waals surface area contributed by atoms with Crippen LogP contribution in [0.3, 0.4) is 0 Å². The largest absolute Gasteiger partial charge is 0.696 e. The molecule has 0 saturated carbocycles. The average molecular weight is 432 g/mol. The van der Waals surface area contributed by atoms with Gasteiger partial charge in [0.05, 0.1) is 0 Å². The van der Waals surface area contributed by atoms with Crippen LogP contribution >= 0.6 is 33.0 Å². The molecule has 0 aliphatic heterocycles. The van der Waals surface area contributed by atoms with E-state index in [1.807, 2.05) is 0 Å². The molecule has 4 unspecified atom stereocenters. The summed E-state index contributed by atoms with van der Waals surface area (Å²) in [6.45, 7) is -1.69. The molecule has 0 aliphatic carbocycles. The molecule has 0 amide bonds. The van der Waals surface area contributed by atoms with Gasteiger partial charge < -0.3 is 0 Å². The molecule has 14 nitrogen and oxygen atoms in total. The van der Waals surface area contributed by atoms with Crippen molar-refractivity contribution >= 4 is 33.0 Å². The fourth-order valence-corrected chi connectivity index (χ4v) is 2.19. The predicted octanol–water partition coefficient (Wildman–Crippen LogP) is 0.0856. The second-order valence-electron chi connectivity index (χ2n) is 3.77. The van der Waals surface area contributed by atoms with E-state index in [2.05, 4.69) is 18.1 Å². The van der Waals surface area contributed by atoms with Crippen LogP contribution in [0.2, 0.25) is 0 Å². The lowest BCUT2D eigenvalue weighted by Crippen LogP contribution is -2.38. The first-order valence-corrected chi connectivity index (χ1v) is 10.3. The molecule has 0 radical (unpaired) electrons. The zero-order chi connectivity index (χ0) is 18.5. The van der Waals surface area contributed by atoms with E-state index in [9.17, 15) is 18.3 Å². The van der Waals surface area contributed by atoms with Crippen molar-refractivity contribution in [2.24, 2.45) is 0 Å². The topological polar surface area (TPSA) is 193 Å². The SMILES string of the molecule is O=[P+](O)OCN(CCN(CO[P+](=O)O)CO[P+](=O)O)CO[P+](=O)O. The van der Waals surface area contributed by atoms with Crippen LogP contribution in [0.25, 0.3) is 0 Å². The van der Waals surface area contributed by atoms with Crippen LogP contribution < -0.4 is 0 Å². The number of rotatable bonds is 15. The maximum absolute atomic E-state index is 10.5. The van der Waals surface area contributed by atoms with E-state index >= 15 is 0 Å². The average Bonchev–Trinajstić information content (AvgIpc) is 2.47. The molecule has 0 fully saturated rings. The number of nitrogens with zero attached hydrogens (tertiary/aromatic N) is 2. The highest BCUT2D eigenvalue weighted by Gasteiger charge is 2.24. The maximum Gasteiger partial charge on any atom is 0.696 e. The monoisotopic (exact) mass is 432 g/mol. The maximum atomic E-state index is 10.5. The van der Waals surface area contributed by atoms with Crippen molar-refractivity contribution in [3.8, 4) is 0 Å². The van der Waals surface area contributed by atoms with E-state index in [-0.39, 0.29) is 13.1 Å². The van der Waals surface area contributed by atoms with Gasteiger partial charge in [0, 0.05) is 31.3 Å². The summed E-state index contributed by atoms with van der Waals surface area (Å²) < 4.78 is 59.8. The van der Waals surface area contributed by atoms with Crippen LogP contribution in [0.5, 0.6) is 0 Å². The Hall–Kier alpha value is -0.000000000000000132. The normalized spacial score (nSPS) is 14.1. The van der Waals surface area contributed by atoms with Gasteiger partial charge in [-0.05, 0) is 0 Å². The molecule has 138 valence electrons. The van der Waals surface area contributed by atoms with Gasteiger partial charge in [-0.15, -0.1) is 37.7 Å². The summed E-state index contributed by atoms with van der Waals surface area (Å²) in [5.41, 5.74) is 0. The summed E-state index contributed by atoms with van der Waals surface area (Å²) >= 11 is 0. The Morgan fingerprint density at radius 1 is 0.542 bits per heavy atom. The van der Waals surface area contributed by atoms with Gasteiger partial charge in [0.2, 0.25) is 0 Å². The first-order chi connectivity index (χ1) is 11.2. The minimum Gasteiger partial charge on any atom is -0.248 e. The highest BCUT2D eigenvalue weighted by molar-refractivity contribution is 7.32. The highest BCUT2D eigenvalue weighted by Crippen LogP contribution is 2.19. The fourth-order valence-electron chi connectivity index (χ4n) is 1.14. The molecule has 0 aromatic heterocycles. The van der Waals surface area contributed by atoms with Crippen molar-refractivity contribution in [2.45, 2.75) is 0 Å². The zero-order valence-electron chi connectivity index (χ0n) is 12.0. The molecule has 0 saturated heterocycles. The van der Waals surface area contributed by atoms with Gasteiger partial charge in [0.25, 0.3) is 0 Å². The molecule has 18 heteroatoms. The lowest BCUT2D eigenvalue weighted by atomic mass is 10.5. The molecular weight excluding hydrogens is 416 g/mol. The minimum absolute atomic E-state index is 0.00346. The Morgan fingerprint density at radius 2 is 0.750 bits per heavy atom. The third kappa shape index (κ3) is 15.5. The summed E-state index contributed by atoms with van der Waals surface area (Å²) in [6, 6.07) is 0. The predicted molar refractivity (Wildman–Crippen MR) is 76.5 cm³/mol. The number of hydrogen-bond donors (Lipinski definition) is 4. The smallest absolute Gasteiger partial charge is 0.248 e. The van der Waals surface area contributed by atoms with E-state index in [0.717, 1.165) is 0 Å². The van der Waals surface area contributed by atoms with Gasteiger partial charge in [-0.25, -0.2) is 9.80 Å². The van der Waals surface area contributed by atoms with Gasteiger partial charge in [-0.1, -0.05) is 0 Å². The first kappa shape index (κ1) is 24.0. The van der Waals surface area contributed by atoms with E-state index < -0.39 is 59.9 Å². The fraction of sp³-hybridized carbons (Fsp3) is 1.00. The molecule has 0 aromatic rings. The lowest BCUT2D eigenvalue weighted by Gasteiger charge is -2.20. The van der Waals surface area contributed by atoms with Crippen molar-refractivity contribution in [2.75, 3.05) is 40.0 Å². The Balaban J connectivity index is 4.53. The minimum atomic E-state index is -2.90. The van der Waals surface area contributed by atoms with Crippen molar-refractivity contribution in [3.05, 3.63) is 0 Å². The van der Waals surface area contributed by atoms with Crippen LogP contribution in [0.4, 0.5) is 0 Å². The van der Waals surface area contributed by atoms with Gasteiger partial charge >= 0.3 is 33.0 Å². The van der Waals surface area contributed by atoms with E-state index in [4.69, 9.17) is 19.6 Å². The Kier molecular flexibility index (Phi) is 14.2. The van der Waals surface area contributed by atoms with Crippen molar-refractivity contribution in [1.29, 1.82) is 0 Å². The molecule has 24 heavy (non-hydrogen) atoms. The molecule has 0 aliphatic rings. The molecule has 4 atom stereocenters. The van der Waals surface area contributed by atoms with Gasteiger partial charge in [-0.2, -0.15) is 0 Å². The Labute approximate surface area is 139 Å². The summed E-state index contributed by atoms with van der Waals surface area (Å²) in [5.74, 6) is 0. The number of hydrogen-bond acceptors (Lipinski definition) is 10. The van der Waals surface area contributed by atoms with Gasteiger partial charge in [0.15, 0.2) is 26.9 Å². The summed E-state index contributed by atoms with van der Waals surface area (Å²) in [6.07, 6.45) is 0. The Morgan fingerprint density at radius 3 is 0.917 bits per heavy atom. The quantitative estimate of drug-likeness (QED) is 0.201. The third-order valence-electron chi connectivity index (χ3n) is 2.14. The van der Waals surface area contributed by atoms with Crippen LogP contribution in [-0.2, 0) is 36.4 Å². The molecule has 0 spiro atoms. The van der Waals surface area contributed by atoms with Crippen molar-refractivity contribution in [1.82, 2.24) is 9.80 Å². The van der Waals surface area contributed by atoms with Gasteiger partial charge in [0.1, 0.15) is 0 Å². The van der Waals surface area contributed by atoms with Crippen LogP contribution in [0.1, 0.15) is 0 Å². The summed E-state index contributed by atoms with van der Waals surface area (Å²) in [5, 5.41) is 0. The summed E-state index contributed by atoms with van der Waals surface area (Å²) in [4.78, 5) is 36.8. The van der Waals surface area contributed by atoms with Crippen LogP contribution in [0.15, 0.2) is 0 Å².